The molecule has 0 aliphatic rings. The van der Waals surface area contributed by atoms with Crippen molar-refractivity contribution in [2.24, 2.45) is 0 Å². The molecule has 0 aliphatic carbocycles. The summed E-state index contributed by atoms with van der Waals surface area (Å²) in [6.07, 6.45) is 0. The molecule has 0 spiro atoms. The highest BCUT2D eigenvalue weighted by Gasteiger charge is 2.16. The average molecular weight is 294 g/mol. The molecule has 1 aromatic rings. The van der Waals surface area contributed by atoms with Gasteiger partial charge in [0.1, 0.15) is 0 Å². The maximum Gasteiger partial charge on any atom is 0.321 e. The van der Waals surface area contributed by atoms with Gasteiger partial charge in [-0.25, -0.2) is 4.79 Å². The molecule has 3 amide bonds. The van der Waals surface area contributed by atoms with Crippen LogP contribution in [0.1, 0.15) is 31.9 Å². The number of nitrogens with one attached hydrogen (secondary N) is 2. The molecule has 0 heterocycles. The van der Waals surface area contributed by atoms with Gasteiger partial charge in [0, 0.05) is 11.8 Å². The molecule has 1 rings (SSSR count). The highest BCUT2D eigenvalue weighted by molar-refractivity contribution is 7.99. The summed E-state index contributed by atoms with van der Waals surface area (Å²) in [5.41, 5.74) is 2.42. The number of hydrogen-bond acceptors (Lipinski definition) is 3. The number of carbonyl (C=O) groups is 2. The van der Waals surface area contributed by atoms with Gasteiger partial charge in [0.05, 0.1) is 5.25 Å². The summed E-state index contributed by atoms with van der Waals surface area (Å²) >= 11 is 1.52. The second-order valence-electron chi connectivity index (χ2n) is 5.00. The molecule has 0 aromatic heterocycles. The molecule has 0 saturated carbocycles. The fraction of sp³-hybridized carbons (Fsp3) is 0.467. The lowest BCUT2D eigenvalue weighted by molar-refractivity contribution is -0.119. The fourth-order valence-electron chi connectivity index (χ4n) is 1.57. The Morgan fingerprint density at radius 1 is 1.20 bits per heavy atom. The summed E-state index contributed by atoms with van der Waals surface area (Å²) in [6, 6.07) is 7.67. The second-order valence-corrected chi connectivity index (χ2v) is 6.33. The van der Waals surface area contributed by atoms with Crippen LogP contribution in [0, 0.1) is 6.92 Å². The minimum absolute atomic E-state index is 0.0118. The number of imide groups is 1. The van der Waals surface area contributed by atoms with Crippen LogP contribution >= 0.6 is 11.8 Å². The van der Waals surface area contributed by atoms with E-state index in [0.717, 1.165) is 5.75 Å². The van der Waals surface area contributed by atoms with E-state index in [4.69, 9.17) is 0 Å². The van der Waals surface area contributed by atoms with E-state index >= 15 is 0 Å². The van der Waals surface area contributed by atoms with E-state index in [9.17, 15) is 9.59 Å². The Kier molecular flexibility index (Phi) is 6.58. The molecule has 0 fully saturated rings. The van der Waals surface area contributed by atoms with E-state index in [1.165, 1.54) is 22.9 Å². The van der Waals surface area contributed by atoms with E-state index in [2.05, 4.69) is 29.7 Å². The Morgan fingerprint density at radius 3 is 2.45 bits per heavy atom. The lowest BCUT2D eigenvalue weighted by atomic mass is 10.1. The number of rotatable bonds is 5. The summed E-state index contributed by atoms with van der Waals surface area (Å²) in [5.74, 6) is 0.495. The molecule has 1 aromatic carbocycles. The van der Waals surface area contributed by atoms with Gasteiger partial charge in [-0.05, 0) is 38.8 Å². The Hall–Kier alpha value is -1.49. The van der Waals surface area contributed by atoms with Crippen molar-refractivity contribution in [2.75, 3.05) is 0 Å². The molecule has 0 radical (unpaired) electrons. The van der Waals surface area contributed by atoms with Gasteiger partial charge in [0.15, 0.2) is 0 Å². The minimum Gasteiger partial charge on any atom is -0.336 e. The summed E-state index contributed by atoms with van der Waals surface area (Å²) in [6.45, 7) is 7.55. The zero-order valence-corrected chi connectivity index (χ0v) is 13.2. The van der Waals surface area contributed by atoms with Crippen molar-refractivity contribution in [3.63, 3.8) is 0 Å². The molecular formula is C15H22N2O2S. The van der Waals surface area contributed by atoms with Crippen molar-refractivity contribution in [1.82, 2.24) is 10.6 Å². The maximum atomic E-state index is 11.8. The van der Waals surface area contributed by atoms with E-state index in [1.54, 1.807) is 6.92 Å². The summed E-state index contributed by atoms with van der Waals surface area (Å²) in [5, 5.41) is 4.71. The second kappa shape index (κ2) is 7.94. The van der Waals surface area contributed by atoms with Gasteiger partial charge in [0.2, 0.25) is 5.91 Å². The van der Waals surface area contributed by atoms with E-state index < -0.39 is 6.03 Å². The largest absolute Gasteiger partial charge is 0.336 e. The molecular weight excluding hydrogens is 272 g/mol. The molecule has 0 aliphatic heterocycles. The molecule has 110 valence electrons. The number of thioether (sulfide) groups is 1. The van der Waals surface area contributed by atoms with Crippen LogP contribution in [0.2, 0.25) is 0 Å². The predicted molar refractivity (Wildman–Crippen MR) is 83.7 cm³/mol. The van der Waals surface area contributed by atoms with Crippen LogP contribution in [-0.2, 0) is 10.5 Å². The molecule has 0 unspecified atom stereocenters. The van der Waals surface area contributed by atoms with Gasteiger partial charge in [-0.15, -0.1) is 11.8 Å². The number of benzene rings is 1. The average Bonchev–Trinajstić information content (AvgIpc) is 2.36. The summed E-state index contributed by atoms with van der Waals surface area (Å²) in [4.78, 5) is 23.3. The first-order valence-electron chi connectivity index (χ1n) is 6.67. The normalized spacial score (nSPS) is 12.1. The van der Waals surface area contributed by atoms with Crippen molar-refractivity contribution in [3.05, 3.63) is 35.4 Å². The van der Waals surface area contributed by atoms with Gasteiger partial charge in [-0.2, -0.15) is 0 Å². The van der Waals surface area contributed by atoms with Crippen molar-refractivity contribution in [3.8, 4) is 0 Å². The van der Waals surface area contributed by atoms with Crippen molar-refractivity contribution < 1.29 is 9.59 Å². The van der Waals surface area contributed by atoms with Gasteiger partial charge >= 0.3 is 6.03 Å². The van der Waals surface area contributed by atoms with Gasteiger partial charge in [-0.3, -0.25) is 10.1 Å². The highest BCUT2D eigenvalue weighted by atomic mass is 32.2. The van der Waals surface area contributed by atoms with Crippen LogP contribution in [0.5, 0.6) is 0 Å². The molecule has 0 bridgehead atoms. The Morgan fingerprint density at radius 2 is 1.85 bits per heavy atom. The van der Waals surface area contributed by atoms with Gasteiger partial charge in [0.25, 0.3) is 0 Å². The van der Waals surface area contributed by atoms with Gasteiger partial charge < -0.3 is 5.32 Å². The monoisotopic (exact) mass is 294 g/mol. The Bertz CT molecular complexity index is 475. The number of aryl methyl sites for hydroxylation is 1. The topological polar surface area (TPSA) is 58.2 Å². The molecule has 1 atom stereocenters. The number of hydrogen-bond donors (Lipinski definition) is 2. The molecule has 2 N–H and O–H groups in total. The molecule has 5 heteroatoms. The SMILES string of the molecule is Cc1ccccc1CS[C@H](C)C(=O)NC(=O)NC(C)C. The highest BCUT2D eigenvalue weighted by Crippen LogP contribution is 2.20. The number of carbonyl (C=O) groups excluding carboxylic acids is 2. The predicted octanol–water partition coefficient (Wildman–Crippen LogP) is 2.85. The van der Waals surface area contributed by atoms with Crippen molar-refractivity contribution in [2.45, 2.75) is 44.7 Å². The third-order valence-electron chi connectivity index (χ3n) is 2.78. The zero-order chi connectivity index (χ0) is 15.1. The zero-order valence-electron chi connectivity index (χ0n) is 12.4. The lowest BCUT2D eigenvalue weighted by Gasteiger charge is -2.14. The fourth-order valence-corrected chi connectivity index (χ4v) is 2.54. The van der Waals surface area contributed by atoms with Gasteiger partial charge in [-0.1, -0.05) is 24.3 Å². The maximum absolute atomic E-state index is 11.8. The smallest absolute Gasteiger partial charge is 0.321 e. The van der Waals surface area contributed by atoms with Crippen molar-refractivity contribution in [1.29, 1.82) is 0 Å². The van der Waals surface area contributed by atoms with E-state index in [1.807, 2.05) is 26.0 Å². The summed E-state index contributed by atoms with van der Waals surface area (Å²) < 4.78 is 0. The van der Waals surface area contributed by atoms with Crippen LogP contribution < -0.4 is 10.6 Å². The van der Waals surface area contributed by atoms with E-state index in [0.29, 0.717) is 0 Å². The van der Waals surface area contributed by atoms with Crippen LogP contribution in [0.4, 0.5) is 4.79 Å². The first-order valence-corrected chi connectivity index (χ1v) is 7.72. The molecule has 20 heavy (non-hydrogen) atoms. The Labute approximate surface area is 124 Å². The van der Waals surface area contributed by atoms with E-state index in [-0.39, 0.29) is 17.2 Å². The van der Waals surface area contributed by atoms with Crippen LogP contribution in [0.15, 0.2) is 24.3 Å². The van der Waals surface area contributed by atoms with Crippen molar-refractivity contribution >= 4 is 23.7 Å². The van der Waals surface area contributed by atoms with Crippen LogP contribution in [0.25, 0.3) is 0 Å². The minimum atomic E-state index is -0.437. The molecule has 0 saturated heterocycles. The third kappa shape index (κ3) is 5.65. The Balaban J connectivity index is 2.42. The number of amides is 3. The van der Waals surface area contributed by atoms with Crippen LogP contribution in [0.3, 0.4) is 0 Å². The molecule has 4 nitrogen and oxygen atoms in total. The standard InChI is InChI=1S/C15H22N2O2S/c1-10(2)16-15(19)17-14(18)12(4)20-9-13-8-6-5-7-11(13)3/h5-8,10,12H,9H2,1-4H3,(H2,16,17,18,19)/t12-/m1/s1. The van der Waals surface area contributed by atoms with Crippen LogP contribution in [-0.4, -0.2) is 23.2 Å². The quantitative estimate of drug-likeness (QED) is 0.878. The lowest BCUT2D eigenvalue weighted by Crippen LogP contribution is -2.45. The first kappa shape index (κ1) is 16.6. The third-order valence-corrected chi connectivity index (χ3v) is 3.97. The summed E-state index contributed by atoms with van der Waals surface area (Å²) in [7, 11) is 0. The number of urea groups is 1. The first-order chi connectivity index (χ1) is 9.40.